The van der Waals surface area contributed by atoms with E-state index in [1.165, 1.54) is 0 Å². The number of nitrogens with one attached hydrogen (secondary N) is 1. The first-order chi connectivity index (χ1) is 9.63. The van der Waals surface area contributed by atoms with Gasteiger partial charge in [0.25, 0.3) is 5.91 Å². The maximum Gasteiger partial charge on any atom is 0.257 e. The first-order valence-corrected chi connectivity index (χ1v) is 7.04. The molecule has 6 nitrogen and oxygen atoms in total. The standard InChI is InChI=1S/C14H18N4O2/c1-9-15-7-11-12(16-9)3-2-6-18(14(11)20)8-13(19)17-10-4-5-10/h7,10H,2-6,8H2,1H3,(H,17,19). The van der Waals surface area contributed by atoms with E-state index in [-0.39, 0.29) is 18.4 Å². The maximum absolute atomic E-state index is 12.5. The van der Waals surface area contributed by atoms with Crippen LogP contribution in [0.1, 0.15) is 41.1 Å². The van der Waals surface area contributed by atoms with Crippen LogP contribution in [-0.4, -0.2) is 45.8 Å². The fraction of sp³-hybridized carbons (Fsp3) is 0.571. The third-order valence-corrected chi connectivity index (χ3v) is 3.62. The average molecular weight is 274 g/mol. The van der Waals surface area contributed by atoms with Crippen LogP contribution in [0.25, 0.3) is 0 Å². The first kappa shape index (κ1) is 13.0. The van der Waals surface area contributed by atoms with Crippen molar-refractivity contribution >= 4 is 11.8 Å². The fourth-order valence-electron chi connectivity index (χ4n) is 2.42. The summed E-state index contributed by atoms with van der Waals surface area (Å²) in [5.74, 6) is 0.470. The van der Waals surface area contributed by atoms with Gasteiger partial charge in [0.15, 0.2) is 0 Å². The molecular weight excluding hydrogens is 256 g/mol. The number of fused-ring (bicyclic) bond motifs is 1. The van der Waals surface area contributed by atoms with Crippen LogP contribution in [-0.2, 0) is 11.2 Å². The van der Waals surface area contributed by atoms with Gasteiger partial charge in [-0.3, -0.25) is 9.59 Å². The summed E-state index contributed by atoms with van der Waals surface area (Å²) in [6, 6.07) is 0.322. The molecule has 0 saturated heterocycles. The van der Waals surface area contributed by atoms with Crippen molar-refractivity contribution in [2.75, 3.05) is 13.1 Å². The number of carbonyl (C=O) groups is 2. The van der Waals surface area contributed by atoms with Gasteiger partial charge in [-0.2, -0.15) is 0 Å². The monoisotopic (exact) mass is 274 g/mol. The van der Waals surface area contributed by atoms with Gasteiger partial charge in [0, 0.05) is 18.8 Å². The minimum Gasteiger partial charge on any atom is -0.352 e. The molecule has 0 bridgehead atoms. The Hall–Kier alpha value is -1.98. The summed E-state index contributed by atoms with van der Waals surface area (Å²) in [6.45, 7) is 2.53. The number of amides is 2. The number of carbonyl (C=O) groups excluding carboxylic acids is 2. The van der Waals surface area contributed by atoms with E-state index in [1.54, 1.807) is 11.1 Å². The Labute approximate surface area is 117 Å². The zero-order chi connectivity index (χ0) is 14.1. The van der Waals surface area contributed by atoms with Gasteiger partial charge in [-0.25, -0.2) is 9.97 Å². The van der Waals surface area contributed by atoms with Gasteiger partial charge in [0.05, 0.1) is 17.8 Å². The summed E-state index contributed by atoms with van der Waals surface area (Å²) in [7, 11) is 0. The summed E-state index contributed by atoms with van der Waals surface area (Å²) >= 11 is 0. The number of rotatable bonds is 3. The third-order valence-electron chi connectivity index (χ3n) is 3.62. The fourth-order valence-corrected chi connectivity index (χ4v) is 2.42. The van der Waals surface area contributed by atoms with E-state index in [4.69, 9.17) is 0 Å². The molecule has 1 aliphatic heterocycles. The molecule has 1 aromatic rings. The second kappa shape index (κ2) is 5.19. The highest BCUT2D eigenvalue weighted by Crippen LogP contribution is 2.19. The molecule has 1 N–H and O–H groups in total. The summed E-state index contributed by atoms with van der Waals surface area (Å²) in [5, 5.41) is 2.91. The van der Waals surface area contributed by atoms with Crippen LogP contribution in [0.3, 0.4) is 0 Å². The van der Waals surface area contributed by atoms with Crippen LogP contribution in [0.15, 0.2) is 6.20 Å². The highest BCUT2D eigenvalue weighted by Gasteiger charge is 2.28. The van der Waals surface area contributed by atoms with Crippen molar-refractivity contribution in [1.82, 2.24) is 20.2 Å². The van der Waals surface area contributed by atoms with Crippen LogP contribution in [0.5, 0.6) is 0 Å². The van der Waals surface area contributed by atoms with Gasteiger partial charge in [-0.05, 0) is 32.6 Å². The molecule has 0 aromatic carbocycles. The minimum atomic E-state index is -0.136. The number of aryl methyl sites for hydroxylation is 2. The Balaban J connectivity index is 1.74. The van der Waals surface area contributed by atoms with Crippen molar-refractivity contribution in [1.29, 1.82) is 0 Å². The largest absolute Gasteiger partial charge is 0.352 e. The lowest BCUT2D eigenvalue weighted by molar-refractivity contribution is -0.121. The Kier molecular flexibility index (Phi) is 3.38. The van der Waals surface area contributed by atoms with Crippen molar-refractivity contribution in [3.05, 3.63) is 23.3 Å². The number of aromatic nitrogens is 2. The van der Waals surface area contributed by atoms with Gasteiger partial charge < -0.3 is 10.2 Å². The lowest BCUT2D eigenvalue weighted by Gasteiger charge is -2.20. The molecule has 2 heterocycles. The van der Waals surface area contributed by atoms with Crippen molar-refractivity contribution in [2.45, 2.75) is 38.6 Å². The van der Waals surface area contributed by atoms with Crippen molar-refractivity contribution in [2.24, 2.45) is 0 Å². The molecule has 1 aliphatic carbocycles. The zero-order valence-electron chi connectivity index (χ0n) is 11.6. The smallest absolute Gasteiger partial charge is 0.257 e. The van der Waals surface area contributed by atoms with Crippen LogP contribution in [0.4, 0.5) is 0 Å². The second-order valence-corrected chi connectivity index (χ2v) is 5.45. The Bertz CT molecular complexity index is 554. The molecule has 0 atom stereocenters. The van der Waals surface area contributed by atoms with Crippen LogP contribution < -0.4 is 5.32 Å². The molecule has 106 valence electrons. The molecule has 1 saturated carbocycles. The first-order valence-electron chi connectivity index (χ1n) is 7.04. The Morgan fingerprint density at radius 3 is 3.05 bits per heavy atom. The van der Waals surface area contributed by atoms with Gasteiger partial charge in [0.2, 0.25) is 5.91 Å². The molecule has 20 heavy (non-hydrogen) atoms. The Morgan fingerprint density at radius 1 is 1.50 bits per heavy atom. The number of nitrogens with zero attached hydrogens (tertiary/aromatic N) is 3. The van der Waals surface area contributed by atoms with Gasteiger partial charge >= 0.3 is 0 Å². The van der Waals surface area contributed by atoms with E-state index in [0.29, 0.717) is 24.0 Å². The van der Waals surface area contributed by atoms with Gasteiger partial charge in [0.1, 0.15) is 5.82 Å². The number of hydrogen-bond acceptors (Lipinski definition) is 4. The molecule has 6 heteroatoms. The summed E-state index contributed by atoms with van der Waals surface area (Å²) in [6.07, 6.45) is 5.26. The van der Waals surface area contributed by atoms with Gasteiger partial charge in [-0.15, -0.1) is 0 Å². The van der Waals surface area contributed by atoms with Crippen LogP contribution >= 0.6 is 0 Å². The van der Waals surface area contributed by atoms with Crippen LogP contribution in [0, 0.1) is 6.92 Å². The normalized spacial score (nSPS) is 18.4. The van der Waals surface area contributed by atoms with E-state index in [0.717, 1.165) is 31.4 Å². The molecule has 1 fully saturated rings. The topological polar surface area (TPSA) is 75.2 Å². The van der Waals surface area contributed by atoms with E-state index < -0.39 is 0 Å². The molecule has 0 unspecified atom stereocenters. The van der Waals surface area contributed by atoms with E-state index in [2.05, 4.69) is 15.3 Å². The van der Waals surface area contributed by atoms with Crippen molar-refractivity contribution in [3.8, 4) is 0 Å². The quantitative estimate of drug-likeness (QED) is 0.868. The SMILES string of the molecule is Cc1ncc2c(n1)CCCN(CC(=O)NC1CC1)C2=O. The third kappa shape index (κ3) is 2.79. The molecular formula is C14H18N4O2. The maximum atomic E-state index is 12.5. The van der Waals surface area contributed by atoms with Crippen molar-refractivity contribution < 1.29 is 9.59 Å². The lowest BCUT2D eigenvalue weighted by atomic mass is 10.1. The molecule has 2 amide bonds. The Morgan fingerprint density at radius 2 is 2.30 bits per heavy atom. The lowest BCUT2D eigenvalue weighted by Crippen LogP contribution is -2.41. The van der Waals surface area contributed by atoms with E-state index in [9.17, 15) is 9.59 Å². The molecule has 2 aliphatic rings. The summed E-state index contributed by atoms with van der Waals surface area (Å²) in [4.78, 5) is 34.3. The summed E-state index contributed by atoms with van der Waals surface area (Å²) < 4.78 is 0. The van der Waals surface area contributed by atoms with Gasteiger partial charge in [-0.1, -0.05) is 0 Å². The predicted molar refractivity (Wildman–Crippen MR) is 72.2 cm³/mol. The highest BCUT2D eigenvalue weighted by atomic mass is 16.2. The highest BCUT2D eigenvalue weighted by molar-refractivity contribution is 5.97. The van der Waals surface area contributed by atoms with Crippen LogP contribution in [0.2, 0.25) is 0 Å². The predicted octanol–water partition coefficient (Wildman–Crippen LogP) is 0.452. The molecule has 0 spiro atoms. The molecule has 1 aromatic heterocycles. The molecule has 0 radical (unpaired) electrons. The average Bonchev–Trinajstić information content (AvgIpc) is 3.21. The second-order valence-electron chi connectivity index (χ2n) is 5.45. The summed E-state index contributed by atoms with van der Waals surface area (Å²) in [5.41, 5.74) is 1.33. The van der Waals surface area contributed by atoms with E-state index in [1.807, 2.05) is 6.92 Å². The minimum absolute atomic E-state index is 0.0719. The van der Waals surface area contributed by atoms with E-state index >= 15 is 0 Å². The number of hydrogen-bond donors (Lipinski definition) is 1. The zero-order valence-corrected chi connectivity index (χ0v) is 11.6. The molecule has 3 rings (SSSR count). The van der Waals surface area contributed by atoms with Crippen molar-refractivity contribution in [3.63, 3.8) is 0 Å².